The predicted molar refractivity (Wildman–Crippen MR) is 189 cm³/mol. The molecule has 2 amide bonds. The Morgan fingerprint density at radius 3 is 2.33 bits per heavy atom. The lowest BCUT2D eigenvalue weighted by Crippen LogP contribution is -2.48. The van der Waals surface area contributed by atoms with E-state index in [4.69, 9.17) is 0 Å². The number of carbonyl (C=O) groups excluding carboxylic acids is 2. The minimum absolute atomic E-state index is 0.0706. The Labute approximate surface area is 283 Å². The van der Waals surface area contributed by atoms with Crippen LogP contribution >= 0.6 is 0 Å². The number of rotatable bonds is 10. The maximum atomic E-state index is 13.9. The molecule has 0 unspecified atom stereocenters. The lowest BCUT2D eigenvalue weighted by atomic mass is 9.95. The number of piperidine rings is 2. The van der Waals surface area contributed by atoms with Crippen molar-refractivity contribution in [3.63, 3.8) is 0 Å². The molecule has 2 aliphatic heterocycles. The van der Waals surface area contributed by atoms with E-state index < -0.39 is 0 Å². The number of hydrogen-bond donors (Lipinski definition) is 1. The fourth-order valence-electron chi connectivity index (χ4n) is 6.94. The van der Waals surface area contributed by atoms with Crippen LogP contribution in [0.1, 0.15) is 59.2 Å². The number of likely N-dealkylation sites (tertiary alicyclic amines) is 2. The molecule has 6 rings (SSSR count). The van der Waals surface area contributed by atoms with E-state index in [1.54, 1.807) is 35.2 Å². The van der Waals surface area contributed by atoms with Gasteiger partial charge in [-0.25, -0.2) is 4.39 Å². The summed E-state index contributed by atoms with van der Waals surface area (Å²) in [5, 5.41) is 9.70. The number of amides is 2. The van der Waals surface area contributed by atoms with Crippen molar-refractivity contribution in [2.24, 2.45) is 0 Å². The summed E-state index contributed by atoms with van der Waals surface area (Å²) in [5.74, 6) is -0.276. The molecule has 0 spiro atoms. The summed E-state index contributed by atoms with van der Waals surface area (Å²) in [6.07, 6.45) is 9.64. The second kappa shape index (κ2) is 15.9. The third-order valence-electron chi connectivity index (χ3n) is 9.61. The molecule has 1 N–H and O–H groups in total. The summed E-state index contributed by atoms with van der Waals surface area (Å²) in [5.41, 5.74) is 5.07. The zero-order valence-corrected chi connectivity index (χ0v) is 27.4. The number of phenolic OH excluding ortho intramolecular Hbond substituents is 1. The molecular formula is C41H44FN3O3. The number of phenols is 1. The van der Waals surface area contributed by atoms with Crippen LogP contribution in [0.2, 0.25) is 0 Å². The number of halogens is 1. The molecule has 0 aromatic heterocycles. The number of hydrogen-bond acceptors (Lipinski definition) is 4. The molecule has 0 bridgehead atoms. The molecule has 7 heteroatoms. The minimum Gasteiger partial charge on any atom is -0.508 e. The summed E-state index contributed by atoms with van der Waals surface area (Å²) in [6, 6.07) is 29.6. The molecule has 6 nitrogen and oxygen atoms in total. The van der Waals surface area contributed by atoms with Gasteiger partial charge in [0.1, 0.15) is 11.6 Å². The first-order valence-corrected chi connectivity index (χ1v) is 17.1. The zero-order valence-electron chi connectivity index (χ0n) is 27.4. The Morgan fingerprint density at radius 2 is 1.56 bits per heavy atom. The highest BCUT2D eigenvalue weighted by Crippen LogP contribution is 2.28. The average Bonchev–Trinajstić information content (AvgIpc) is 3.13. The number of nitrogens with zero attached hydrogens (tertiary/aromatic N) is 3. The molecule has 2 fully saturated rings. The normalized spacial score (nSPS) is 15.9. The highest BCUT2D eigenvalue weighted by Gasteiger charge is 2.29. The lowest BCUT2D eigenvalue weighted by molar-refractivity contribution is -0.126. The summed E-state index contributed by atoms with van der Waals surface area (Å²) < 4.78 is 13.7. The molecule has 248 valence electrons. The molecule has 0 radical (unpaired) electrons. The van der Waals surface area contributed by atoms with E-state index in [0.29, 0.717) is 36.7 Å². The van der Waals surface area contributed by atoms with Crippen molar-refractivity contribution in [3.05, 3.63) is 131 Å². The van der Waals surface area contributed by atoms with E-state index >= 15 is 0 Å². The second-order valence-electron chi connectivity index (χ2n) is 12.9. The van der Waals surface area contributed by atoms with E-state index in [2.05, 4.69) is 11.0 Å². The van der Waals surface area contributed by atoms with Gasteiger partial charge in [0.15, 0.2) is 0 Å². The Hall–Kier alpha value is -4.75. The van der Waals surface area contributed by atoms with E-state index in [1.165, 1.54) is 50.6 Å². The van der Waals surface area contributed by atoms with Gasteiger partial charge >= 0.3 is 0 Å². The number of aromatic hydroxyl groups is 1. The van der Waals surface area contributed by atoms with Crippen molar-refractivity contribution in [3.8, 4) is 16.9 Å². The van der Waals surface area contributed by atoms with Crippen LogP contribution < -0.4 is 0 Å². The predicted octanol–water partition coefficient (Wildman–Crippen LogP) is 7.57. The molecule has 2 heterocycles. The lowest BCUT2D eigenvalue weighted by Gasteiger charge is -2.40. The molecule has 0 saturated carbocycles. The van der Waals surface area contributed by atoms with Crippen LogP contribution in [-0.2, 0) is 17.8 Å². The van der Waals surface area contributed by atoms with Gasteiger partial charge in [0.05, 0.1) is 0 Å². The van der Waals surface area contributed by atoms with E-state index in [-0.39, 0.29) is 23.4 Å². The molecular weight excluding hydrogens is 601 g/mol. The van der Waals surface area contributed by atoms with Gasteiger partial charge in [-0.1, -0.05) is 67.1 Å². The smallest absolute Gasteiger partial charge is 0.254 e. The van der Waals surface area contributed by atoms with E-state index in [1.807, 2.05) is 59.5 Å². The van der Waals surface area contributed by atoms with Crippen LogP contribution in [-0.4, -0.2) is 70.4 Å². The van der Waals surface area contributed by atoms with Crippen LogP contribution in [0.3, 0.4) is 0 Å². The molecule has 2 saturated heterocycles. The molecule has 0 aliphatic carbocycles. The Morgan fingerprint density at radius 1 is 0.812 bits per heavy atom. The maximum absolute atomic E-state index is 13.9. The maximum Gasteiger partial charge on any atom is 0.254 e. The van der Waals surface area contributed by atoms with Crippen molar-refractivity contribution in [2.45, 2.75) is 51.1 Å². The SMILES string of the molecule is O=C(C=Cc1cccc(F)c1)N(CCc1ccc(O)cc1)Cc1cccc(-c2ccccc2C(=O)N2CCC(N3CCCCC3)CC2)c1. The third-order valence-corrected chi connectivity index (χ3v) is 9.61. The summed E-state index contributed by atoms with van der Waals surface area (Å²) in [4.78, 5) is 33.8. The zero-order chi connectivity index (χ0) is 33.3. The quantitative estimate of drug-likeness (QED) is 0.181. The van der Waals surface area contributed by atoms with Gasteiger partial charge < -0.3 is 19.8 Å². The Balaban J connectivity index is 1.18. The van der Waals surface area contributed by atoms with Gasteiger partial charge in [0.25, 0.3) is 5.91 Å². The average molecular weight is 646 g/mol. The van der Waals surface area contributed by atoms with Crippen molar-refractivity contribution >= 4 is 17.9 Å². The van der Waals surface area contributed by atoms with Gasteiger partial charge in [-0.2, -0.15) is 0 Å². The van der Waals surface area contributed by atoms with Gasteiger partial charge in [-0.05, 0) is 115 Å². The Kier molecular flexibility index (Phi) is 11.0. The molecule has 48 heavy (non-hydrogen) atoms. The first-order chi connectivity index (χ1) is 23.4. The molecule has 4 aromatic rings. The third kappa shape index (κ3) is 8.58. The van der Waals surface area contributed by atoms with Gasteiger partial charge in [0.2, 0.25) is 5.91 Å². The van der Waals surface area contributed by atoms with Crippen LogP contribution in [0.4, 0.5) is 4.39 Å². The largest absolute Gasteiger partial charge is 0.508 e. The summed E-state index contributed by atoms with van der Waals surface area (Å²) in [6.45, 7) is 4.72. The van der Waals surface area contributed by atoms with E-state index in [0.717, 1.165) is 48.2 Å². The first-order valence-electron chi connectivity index (χ1n) is 17.1. The number of benzene rings is 4. The monoisotopic (exact) mass is 645 g/mol. The van der Waals surface area contributed by atoms with Gasteiger partial charge in [0, 0.05) is 43.9 Å². The highest BCUT2D eigenvalue weighted by molar-refractivity contribution is 6.01. The fraction of sp³-hybridized carbons (Fsp3) is 0.317. The molecule has 0 atom stereocenters. The topological polar surface area (TPSA) is 64.1 Å². The van der Waals surface area contributed by atoms with Crippen LogP contribution in [0, 0.1) is 5.82 Å². The van der Waals surface area contributed by atoms with Crippen molar-refractivity contribution in [1.82, 2.24) is 14.7 Å². The minimum atomic E-state index is -0.355. The molecule has 2 aliphatic rings. The van der Waals surface area contributed by atoms with Gasteiger partial charge in [-0.3, -0.25) is 9.59 Å². The van der Waals surface area contributed by atoms with Gasteiger partial charge in [-0.15, -0.1) is 0 Å². The van der Waals surface area contributed by atoms with E-state index in [9.17, 15) is 19.1 Å². The standard InChI is InChI=1S/C41H44FN3O3/c42-35-11-7-8-32(29-35)16-19-40(47)45(25-20-31-14-17-37(46)18-15-31)30-33-9-6-10-34(28-33)38-12-2-3-13-39(38)41(48)44-26-21-36(22-27-44)43-23-4-1-5-24-43/h2-3,6-19,28-29,36,46H,1,4-5,20-27,30H2. The fourth-order valence-corrected chi connectivity index (χ4v) is 6.94. The highest BCUT2D eigenvalue weighted by atomic mass is 19.1. The van der Waals surface area contributed by atoms with Crippen molar-refractivity contribution in [2.75, 3.05) is 32.7 Å². The van der Waals surface area contributed by atoms with Crippen molar-refractivity contribution in [1.29, 1.82) is 0 Å². The van der Waals surface area contributed by atoms with Crippen molar-refractivity contribution < 1.29 is 19.1 Å². The number of carbonyl (C=O) groups is 2. The Bertz CT molecular complexity index is 1720. The first kappa shape index (κ1) is 33.2. The second-order valence-corrected chi connectivity index (χ2v) is 12.9. The van der Waals surface area contributed by atoms with Crippen LogP contribution in [0.5, 0.6) is 5.75 Å². The molecule has 4 aromatic carbocycles. The summed E-state index contributed by atoms with van der Waals surface area (Å²) in [7, 11) is 0. The van der Waals surface area contributed by atoms with Crippen LogP contribution in [0.25, 0.3) is 17.2 Å². The van der Waals surface area contributed by atoms with Crippen LogP contribution in [0.15, 0.2) is 103 Å². The summed E-state index contributed by atoms with van der Waals surface area (Å²) >= 11 is 0.